The molecule has 0 fully saturated rings. The average molecular weight is 768 g/mol. The van der Waals surface area contributed by atoms with Crippen molar-refractivity contribution in [3.63, 3.8) is 0 Å². The topological polar surface area (TPSA) is 116 Å². The third-order valence-corrected chi connectivity index (χ3v) is 8.13. The Bertz CT molecular complexity index is 2030. The van der Waals surface area contributed by atoms with Crippen molar-refractivity contribution in [2.45, 2.75) is 44.5 Å². The maximum Gasteiger partial charge on any atom is 0.485 e. The van der Waals surface area contributed by atoms with E-state index in [1.54, 1.807) is 0 Å². The van der Waals surface area contributed by atoms with E-state index >= 15 is 8.78 Å². The van der Waals surface area contributed by atoms with Gasteiger partial charge in [0.1, 0.15) is 17.2 Å². The minimum Gasteiger partial charge on any atom is -0.497 e. The van der Waals surface area contributed by atoms with Crippen molar-refractivity contribution in [1.29, 1.82) is 0 Å². The smallest absolute Gasteiger partial charge is 0.485 e. The van der Waals surface area contributed by atoms with Crippen molar-refractivity contribution in [2.24, 2.45) is 5.10 Å². The Balaban J connectivity index is 1.63. The zero-order valence-electron chi connectivity index (χ0n) is 28.6. The van der Waals surface area contributed by atoms with Gasteiger partial charge in [0.05, 0.1) is 57.3 Å². The molecule has 5 rings (SSSR count). The summed E-state index contributed by atoms with van der Waals surface area (Å²) >= 11 is 0. The molecule has 4 aromatic rings. The number of nitrogens with zero attached hydrogens (tertiary/aromatic N) is 5. The molecule has 286 valence electrons. The number of halogens is 8. The van der Waals surface area contributed by atoms with Gasteiger partial charge in [0.25, 0.3) is 11.8 Å². The van der Waals surface area contributed by atoms with Gasteiger partial charge in [-0.2, -0.15) is 35.1 Å². The normalized spacial score (nSPS) is 14.9. The van der Waals surface area contributed by atoms with Crippen molar-refractivity contribution in [3.8, 4) is 17.2 Å². The first kappa shape index (κ1) is 39.2. The quantitative estimate of drug-likeness (QED) is 0.147. The number of benzene rings is 3. The molecule has 0 radical (unpaired) electrons. The van der Waals surface area contributed by atoms with Crippen LogP contribution in [0.15, 0.2) is 78.2 Å². The zero-order chi connectivity index (χ0) is 39.6. The maximum absolute atomic E-state index is 15.1. The van der Waals surface area contributed by atoms with E-state index in [2.05, 4.69) is 15.1 Å². The Labute approximate surface area is 301 Å². The summed E-state index contributed by atoms with van der Waals surface area (Å²) in [7, 11) is 4.05. The molecular weight excluding hydrogens is 738 g/mol. The summed E-state index contributed by atoms with van der Waals surface area (Å²) < 4.78 is 134. The first-order chi connectivity index (χ1) is 25.4. The highest BCUT2D eigenvalue weighted by atomic mass is 19.4. The highest BCUT2D eigenvalue weighted by Crippen LogP contribution is 2.38. The molecule has 0 spiro atoms. The van der Waals surface area contributed by atoms with Crippen molar-refractivity contribution < 1.29 is 63.7 Å². The van der Waals surface area contributed by atoms with E-state index in [1.165, 1.54) is 70.7 Å². The number of hydrogen-bond donors (Lipinski definition) is 0. The number of aromatic nitrogens is 2. The largest absolute Gasteiger partial charge is 0.497 e. The molecule has 19 heteroatoms. The van der Waals surface area contributed by atoms with E-state index in [1.807, 2.05) is 0 Å². The summed E-state index contributed by atoms with van der Waals surface area (Å²) in [4.78, 5) is 36.0. The van der Waals surface area contributed by atoms with Crippen molar-refractivity contribution >= 4 is 17.7 Å². The van der Waals surface area contributed by atoms with Gasteiger partial charge in [-0.25, -0.2) is 9.99 Å². The van der Waals surface area contributed by atoms with Gasteiger partial charge in [-0.05, 0) is 55.0 Å². The fourth-order valence-corrected chi connectivity index (χ4v) is 5.36. The molecule has 0 bridgehead atoms. The third-order valence-electron chi connectivity index (χ3n) is 8.13. The SMILES string of the molecule is COc1ccc(CN2N=C(c3nccnc3C(C)N(Cc3ccc(OC)cc3OC)C(=O)c3cc(C(F)(F)F)cc(C(F)(F)F)c3)OC(F)(F)C2=O)cc1. The van der Waals surface area contributed by atoms with Crippen LogP contribution in [0, 0.1) is 0 Å². The molecule has 1 aliphatic heterocycles. The number of carbonyl (C=O) groups excluding carboxylic acids is 2. The number of rotatable bonds is 11. The molecule has 0 N–H and O–H groups in total. The van der Waals surface area contributed by atoms with E-state index in [-0.39, 0.29) is 35.2 Å². The molecule has 1 aliphatic rings. The highest BCUT2D eigenvalue weighted by Gasteiger charge is 2.51. The Morgan fingerprint density at radius 2 is 1.44 bits per heavy atom. The lowest BCUT2D eigenvalue weighted by atomic mass is 10.0. The molecule has 1 atom stereocenters. The van der Waals surface area contributed by atoms with E-state index in [4.69, 9.17) is 18.9 Å². The molecule has 2 heterocycles. The standard InChI is InChI=1S/C35H29F8N5O6/c1-19(28-29(45-12-11-44-28)30-46-48(32(50)35(42,43)54-30)17-20-5-8-25(51-2)9-6-20)47(18-21-7-10-26(52-3)16-27(21)53-4)31(49)22-13-23(33(36,37)38)15-24(14-22)34(39,40)41/h5-16,19H,17-18H2,1-4H3. The van der Waals surface area contributed by atoms with Crippen LogP contribution in [-0.2, 0) is 35.0 Å². The van der Waals surface area contributed by atoms with E-state index in [0.29, 0.717) is 22.1 Å². The second-order valence-corrected chi connectivity index (χ2v) is 11.6. The van der Waals surface area contributed by atoms with Crippen LogP contribution in [0.4, 0.5) is 35.1 Å². The molecule has 54 heavy (non-hydrogen) atoms. The molecule has 1 unspecified atom stereocenters. The van der Waals surface area contributed by atoms with Gasteiger partial charge in [-0.1, -0.05) is 12.1 Å². The Hall–Kier alpha value is -6.01. The predicted molar refractivity (Wildman–Crippen MR) is 172 cm³/mol. The first-order valence-electron chi connectivity index (χ1n) is 15.6. The summed E-state index contributed by atoms with van der Waals surface area (Å²) in [5.41, 5.74) is -4.76. The van der Waals surface area contributed by atoms with Gasteiger partial charge in [0.15, 0.2) is 5.69 Å². The fraction of sp³-hybridized carbons (Fsp3) is 0.286. The summed E-state index contributed by atoms with van der Waals surface area (Å²) in [6.07, 6.45) is -12.9. The number of amides is 2. The third kappa shape index (κ3) is 8.44. The number of hydrogen-bond acceptors (Lipinski definition) is 9. The van der Waals surface area contributed by atoms with Crippen LogP contribution in [-0.4, -0.2) is 65.0 Å². The first-order valence-corrected chi connectivity index (χ1v) is 15.6. The van der Waals surface area contributed by atoms with Gasteiger partial charge in [-0.3, -0.25) is 14.6 Å². The molecule has 3 aromatic carbocycles. The number of methoxy groups -OCH3 is 3. The van der Waals surface area contributed by atoms with E-state index < -0.39 is 77.7 Å². The Morgan fingerprint density at radius 1 is 0.852 bits per heavy atom. The fourth-order valence-electron chi connectivity index (χ4n) is 5.36. The van der Waals surface area contributed by atoms with Gasteiger partial charge in [0, 0.05) is 29.6 Å². The molecule has 0 aliphatic carbocycles. The number of ether oxygens (including phenoxy) is 4. The lowest BCUT2D eigenvalue weighted by Crippen LogP contribution is -2.49. The van der Waals surface area contributed by atoms with Crippen LogP contribution in [0.2, 0.25) is 0 Å². The second kappa shape index (κ2) is 15.2. The minimum absolute atomic E-state index is 0.117. The van der Waals surface area contributed by atoms with Gasteiger partial charge >= 0.3 is 24.4 Å². The van der Waals surface area contributed by atoms with Crippen LogP contribution in [0.1, 0.15) is 57.0 Å². The molecule has 1 aromatic heterocycles. The van der Waals surface area contributed by atoms with Crippen molar-refractivity contribution in [2.75, 3.05) is 21.3 Å². The average Bonchev–Trinajstić information content (AvgIpc) is 3.14. The monoisotopic (exact) mass is 767 g/mol. The maximum atomic E-state index is 15.1. The molecule has 0 saturated carbocycles. The second-order valence-electron chi connectivity index (χ2n) is 11.6. The lowest BCUT2D eigenvalue weighted by molar-refractivity contribution is -0.216. The lowest BCUT2D eigenvalue weighted by Gasteiger charge is -2.32. The molecular formula is C35H29F8N5O6. The molecule has 0 saturated heterocycles. The van der Waals surface area contributed by atoms with Gasteiger partial charge in [0.2, 0.25) is 0 Å². The van der Waals surface area contributed by atoms with Crippen LogP contribution < -0.4 is 14.2 Å². The summed E-state index contributed by atoms with van der Waals surface area (Å²) in [5.74, 6) is -3.21. The number of carbonyl (C=O) groups is 2. The summed E-state index contributed by atoms with van der Waals surface area (Å²) in [6.45, 7) is 0.281. The van der Waals surface area contributed by atoms with Crippen LogP contribution >= 0.6 is 0 Å². The Morgan fingerprint density at radius 3 is 2.02 bits per heavy atom. The van der Waals surface area contributed by atoms with Crippen molar-refractivity contribution in [1.82, 2.24) is 19.9 Å². The van der Waals surface area contributed by atoms with Crippen LogP contribution in [0.25, 0.3) is 0 Å². The summed E-state index contributed by atoms with van der Waals surface area (Å²) in [5, 5.41) is 4.38. The van der Waals surface area contributed by atoms with Crippen LogP contribution in [0.5, 0.6) is 17.2 Å². The number of alkyl halides is 8. The van der Waals surface area contributed by atoms with Crippen molar-refractivity contribution in [3.05, 3.63) is 112 Å². The summed E-state index contributed by atoms with van der Waals surface area (Å²) in [6, 6.07) is 9.31. The predicted octanol–water partition coefficient (Wildman–Crippen LogP) is 7.26. The van der Waals surface area contributed by atoms with Crippen LogP contribution in [0.3, 0.4) is 0 Å². The van der Waals surface area contributed by atoms with Gasteiger partial charge in [-0.15, -0.1) is 5.10 Å². The van der Waals surface area contributed by atoms with E-state index in [0.717, 1.165) is 17.3 Å². The number of hydrazone groups is 1. The van der Waals surface area contributed by atoms with E-state index in [9.17, 15) is 35.9 Å². The highest BCUT2D eigenvalue weighted by molar-refractivity contribution is 5.99. The Kier molecular flexibility index (Phi) is 11.0. The van der Waals surface area contributed by atoms with Gasteiger partial charge < -0.3 is 23.8 Å². The molecule has 11 nitrogen and oxygen atoms in total. The zero-order valence-corrected chi connectivity index (χ0v) is 28.6. The minimum atomic E-state index is -5.28. The molecule has 2 amide bonds.